The fourth-order valence-electron chi connectivity index (χ4n) is 3.56. The predicted molar refractivity (Wildman–Crippen MR) is 112 cm³/mol. The third kappa shape index (κ3) is 4.42. The fourth-order valence-corrected chi connectivity index (χ4v) is 3.56. The number of amides is 2. The number of para-hydroxylation sites is 1. The number of benzene rings is 1. The summed E-state index contributed by atoms with van der Waals surface area (Å²) in [6.07, 6.45) is 0.199. The maximum atomic E-state index is 12.8. The normalized spacial score (nSPS) is 16.5. The minimum Gasteiger partial charge on any atom is -0.395 e. The molecule has 1 aliphatic heterocycles. The monoisotopic (exact) mass is 424 g/mol. The van der Waals surface area contributed by atoms with Crippen LogP contribution < -0.4 is 5.32 Å². The van der Waals surface area contributed by atoms with Crippen LogP contribution in [0.1, 0.15) is 45.3 Å². The lowest BCUT2D eigenvalue weighted by molar-refractivity contribution is -0.0257. The molecule has 0 unspecified atom stereocenters. The van der Waals surface area contributed by atoms with E-state index in [2.05, 4.69) is 15.5 Å². The molecular formula is C22H24N4O5. The van der Waals surface area contributed by atoms with Crippen molar-refractivity contribution in [1.82, 2.24) is 20.4 Å². The maximum Gasteiger partial charge on any atom is 0.292 e. The van der Waals surface area contributed by atoms with Crippen LogP contribution in [0, 0.1) is 0 Å². The summed E-state index contributed by atoms with van der Waals surface area (Å²) in [6.45, 7) is 3.00. The number of aromatic nitrogens is 2. The molecular weight excluding hydrogens is 400 g/mol. The lowest BCUT2D eigenvalue weighted by atomic mass is 10.0. The number of morpholine rings is 1. The number of hydrogen-bond acceptors (Lipinski definition) is 7. The SMILES string of the molecule is CCc1cc(C(=O)N2CCO[C@@H](c3cc(C(=O)NCCO)c4ccccc4n3)C2)on1. The Morgan fingerprint density at radius 1 is 1.29 bits per heavy atom. The molecule has 0 spiro atoms. The van der Waals surface area contributed by atoms with Gasteiger partial charge in [0, 0.05) is 24.5 Å². The summed E-state index contributed by atoms with van der Waals surface area (Å²) < 4.78 is 11.1. The quantitative estimate of drug-likeness (QED) is 0.619. The van der Waals surface area contributed by atoms with Crippen LogP contribution in [0.3, 0.4) is 0 Å². The van der Waals surface area contributed by atoms with Gasteiger partial charge in [0.2, 0.25) is 5.76 Å². The average Bonchev–Trinajstić information content (AvgIpc) is 3.30. The zero-order valence-electron chi connectivity index (χ0n) is 17.2. The van der Waals surface area contributed by atoms with Crippen molar-refractivity contribution >= 4 is 22.7 Å². The highest BCUT2D eigenvalue weighted by atomic mass is 16.5. The molecule has 9 nitrogen and oxygen atoms in total. The number of nitrogens with one attached hydrogen (secondary N) is 1. The van der Waals surface area contributed by atoms with Crippen LogP contribution in [0.25, 0.3) is 10.9 Å². The number of aliphatic hydroxyl groups excluding tert-OH is 1. The second kappa shape index (κ2) is 9.23. The summed E-state index contributed by atoms with van der Waals surface area (Å²) in [5.41, 5.74) is 2.40. The Hall–Kier alpha value is -3.30. The standard InChI is InChI=1S/C22H24N4O5/c1-2-14-11-19(31-25-14)22(29)26-8-10-30-20(13-26)18-12-16(21(28)23-7-9-27)15-5-3-4-6-17(15)24-18/h3-6,11-12,20,27H,2,7-10,13H2,1H3,(H,23,28)/t20-/m1/s1. The number of fused-ring (bicyclic) bond motifs is 1. The van der Waals surface area contributed by atoms with E-state index in [4.69, 9.17) is 14.4 Å². The van der Waals surface area contributed by atoms with Crippen molar-refractivity contribution in [2.24, 2.45) is 0 Å². The largest absolute Gasteiger partial charge is 0.395 e. The summed E-state index contributed by atoms with van der Waals surface area (Å²) in [7, 11) is 0. The Balaban J connectivity index is 1.61. The van der Waals surface area contributed by atoms with Crippen LogP contribution in [0.2, 0.25) is 0 Å². The number of ether oxygens (including phenoxy) is 1. The van der Waals surface area contributed by atoms with Gasteiger partial charge in [0.05, 0.1) is 42.2 Å². The molecule has 31 heavy (non-hydrogen) atoms. The number of pyridine rings is 1. The molecule has 0 saturated carbocycles. The van der Waals surface area contributed by atoms with E-state index in [-0.39, 0.29) is 37.3 Å². The summed E-state index contributed by atoms with van der Waals surface area (Å²) in [6, 6.07) is 10.7. The zero-order valence-corrected chi connectivity index (χ0v) is 17.2. The third-order valence-corrected chi connectivity index (χ3v) is 5.19. The first-order chi connectivity index (χ1) is 15.1. The Morgan fingerprint density at radius 3 is 2.90 bits per heavy atom. The molecule has 0 radical (unpaired) electrons. The molecule has 1 saturated heterocycles. The van der Waals surface area contributed by atoms with Gasteiger partial charge in [0.1, 0.15) is 6.10 Å². The number of hydrogen-bond donors (Lipinski definition) is 2. The highest BCUT2D eigenvalue weighted by molar-refractivity contribution is 6.06. The van der Waals surface area contributed by atoms with E-state index in [1.165, 1.54) is 0 Å². The van der Waals surface area contributed by atoms with E-state index >= 15 is 0 Å². The third-order valence-electron chi connectivity index (χ3n) is 5.19. The summed E-state index contributed by atoms with van der Waals surface area (Å²) in [5.74, 6) is -0.346. The number of aryl methyl sites for hydroxylation is 1. The average molecular weight is 424 g/mol. The van der Waals surface area contributed by atoms with Crippen LogP contribution in [0.5, 0.6) is 0 Å². The Labute approximate surface area is 179 Å². The van der Waals surface area contributed by atoms with Gasteiger partial charge in [-0.05, 0) is 18.6 Å². The molecule has 1 fully saturated rings. The number of nitrogens with zero attached hydrogens (tertiary/aromatic N) is 3. The number of carbonyl (C=O) groups is 2. The molecule has 2 N–H and O–H groups in total. The molecule has 0 aliphatic carbocycles. The van der Waals surface area contributed by atoms with E-state index in [0.717, 1.165) is 5.69 Å². The van der Waals surface area contributed by atoms with Crippen LogP contribution in [0.15, 0.2) is 40.9 Å². The summed E-state index contributed by atoms with van der Waals surface area (Å²) >= 11 is 0. The van der Waals surface area contributed by atoms with E-state index < -0.39 is 6.10 Å². The van der Waals surface area contributed by atoms with Gasteiger partial charge < -0.3 is 24.6 Å². The van der Waals surface area contributed by atoms with Gasteiger partial charge in [-0.2, -0.15) is 0 Å². The summed E-state index contributed by atoms with van der Waals surface area (Å²) in [4.78, 5) is 31.8. The van der Waals surface area contributed by atoms with Gasteiger partial charge in [-0.1, -0.05) is 30.3 Å². The Bertz CT molecular complexity index is 1100. The number of rotatable bonds is 6. The zero-order chi connectivity index (χ0) is 21.8. The second-order valence-corrected chi connectivity index (χ2v) is 7.24. The molecule has 9 heteroatoms. The molecule has 4 rings (SSSR count). The maximum absolute atomic E-state index is 12.8. The van der Waals surface area contributed by atoms with Gasteiger partial charge in [-0.25, -0.2) is 4.98 Å². The van der Waals surface area contributed by atoms with Crippen LogP contribution >= 0.6 is 0 Å². The minimum atomic E-state index is -0.486. The molecule has 3 heterocycles. The smallest absolute Gasteiger partial charge is 0.292 e. The molecule has 1 aliphatic rings. The predicted octanol–water partition coefficient (Wildman–Crippen LogP) is 1.72. The van der Waals surface area contributed by atoms with Crippen molar-refractivity contribution in [3.05, 3.63) is 59.1 Å². The first-order valence-corrected chi connectivity index (χ1v) is 10.3. The number of aliphatic hydroxyl groups is 1. The molecule has 1 aromatic carbocycles. The topological polar surface area (TPSA) is 118 Å². The van der Waals surface area contributed by atoms with Gasteiger partial charge >= 0.3 is 0 Å². The first kappa shape index (κ1) is 21.0. The van der Waals surface area contributed by atoms with Gasteiger partial charge in [-0.3, -0.25) is 9.59 Å². The highest BCUT2D eigenvalue weighted by Crippen LogP contribution is 2.27. The molecule has 2 aromatic heterocycles. The van der Waals surface area contributed by atoms with E-state index in [1.54, 1.807) is 17.0 Å². The van der Waals surface area contributed by atoms with Crippen molar-refractivity contribution in [2.45, 2.75) is 19.4 Å². The Morgan fingerprint density at radius 2 is 2.13 bits per heavy atom. The first-order valence-electron chi connectivity index (χ1n) is 10.3. The van der Waals surface area contributed by atoms with Gasteiger partial charge in [0.25, 0.3) is 11.8 Å². The van der Waals surface area contributed by atoms with E-state index in [0.29, 0.717) is 41.7 Å². The van der Waals surface area contributed by atoms with Crippen molar-refractivity contribution in [1.29, 1.82) is 0 Å². The summed E-state index contributed by atoms with van der Waals surface area (Å²) in [5, 5.41) is 16.3. The molecule has 0 bridgehead atoms. The molecule has 3 aromatic rings. The second-order valence-electron chi connectivity index (χ2n) is 7.24. The van der Waals surface area contributed by atoms with Crippen molar-refractivity contribution < 1.29 is 24.0 Å². The molecule has 162 valence electrons. The van der Waals surface area contributed by atoms with Crippen molar-refractivity contribution in [3.8, 4) is 0 Å². The van der Waals surface area contributed by atoms with Crippen molar-refractivity contribution in [3.63, 3.8) is 0 Å². The van der Waals surface area contributed by atoms with Gasteiger partial charge in [0.15, 0.2) is 0 Å². The Kier molecular flexibility index (Phi) is 6.24. The lowest BCUT2D eigenvalue weighted by Crippen LogP contribution is -2.42. The lowest BCUT2D eigenvalue weighted by Gasteiger charge is -2.32. The fraction of sp³-hybridized carbons (Fsp3) is 0.364. The van der Waals surface area contributed by atoms with E-state index in [1.807, 2.05) is 31.2 Å². The molecule has 1 atom stereocenters. The van der Waals surface area contributed by atoms with Gasteiger partial charge in [-0.15, -0.1) is 0 Å². The van der Waals surface area contributed by atoms with E-state index in [9.17, 15) is 9.59 Å². The number of carbonyl (C=O) groups excluding carboxylic acids is 2. The molecule has 2 amide bonds. The van der Waals surface area contributed by atoms with Crippen molar-refractivity contribution in [2.75, 3.05) is 32.8 Å². The highest BCUT2D eigenvalue weighted by Gasteiger charge is 2.30. The minimum absolute atomic E-state index is 0.147. The van der Waals surface area contributed by atoms with Crippen LogP contribution in [-0.2, 0) is 11.2 Å². The van der Waals surface area contributed by atoms with Crippen LogP contribution in [-0.4, -0.2) is 64.8 Å². The van der Waals surface area contributed by atoms with Crippen LogP contribution in [0.4, 0.5) is 0 Å².